The highest BCUT2D eigenvalue weighted by atomic mass is 16.4. The topological polar surface area (TPSA) is 40.1 Å². The van der Waals surface area contributed by atoms with Crippen molar-refractivity contribution in [2.75, 3.05) is 0 Å². The van der Waals surface area contributed by atoms with Gasteiger partial charge in [0.2, 0.25) is 0 Å². The number of allylic oxidation sites excluding steroid dienone is 1. The third kappa shape index (κ3) is 3.28. The van der Waals surface area contributed by atoms with E-state index in [1.807, 2.05) is 6.92 Å². The molecule has 0 aliphatic rings. The Morgan fingerprint density at radius 2 is 2.20 bits per heavy atom. The number of aliphatic carboxylic acids is 1. The number of hydrogen-bond acceptors (Lipinski definition) is 2. The molecule has 0 heterocycles. The van der Waals surface area contributed by atoms with E-state index >= 15 is 0 Å². The molecule has 0 saturated heterocycles. The third-order valence-corrected chi connectivity index (χ3v) is 1.41. The first-order valence-electron chi connectivity index (χ1n) is 3.58. The Kier molecular flexibility index (Phi) is 4.63. The van der Waals surface area contributed by atoms with E-state index in [2.05, 4.69) is 0 Å². The van der Waals surface area contributed by atoms with Crippen LogP contribution in [0.5, 0.6) is 0 Å². The number of unbranched alkanes of at least 4 members (excludes halogenated alkanes) is 1. The molecule has 0 aromatic heterocycles. The maximum absolute atomic E-state index is 10.3. The van der Waals surface area contributed by atoms with Gasteiger partial charge in [-0.2, -0.15) is 0 Å². The summed E-state index contributed by atoms with van der Waals surface area (Å²) in [6, 6.07) is 0. The third-order valence-electron chi connectivity index (χ3n) is 1.41. The molecule has 0 radical (unpaired) electrons. The molecule has 0 aliphatic heterocycles. The van der Waals surface area contributed by atoms with Crippen LogP contribution in [0.3, 0.4) is 0 Å². The molecule has 0 aromatic carbocycles. The molecular weight excluding hydrogens is 128 g/mol. The van der Waals surface area contributed by atoms with Crippen LogP contribution < -0.4 is 5.11 Å². The first kappa shape index (κ1) is 9.21. The van der Waals surface area contributed by atoms with Crippen molar-refractivity contribution < 1.29 is 9.90 Å². The van der Waals surface area contributed by atoms with Gasteiger partial charge in [0.25, 0.3) is 0 Å². The predicted molar refractivity (Wildman–Crippen MR) is 38.3 cm³/mol. The smallest absolute Gasteiger partial charge is 0.0671 e. The number of carbonyl (C=O) groups excluding carboxylic acids is 1. The maximum atomic E-state index is 10.3. The fourth-order valence-corrected chi connectivity index (χ4v) is 0.731. The van der Waals surface area contributed by atoms with Crippen LogP contribution in [-0.4, -0.2) is 5.97 Å². The standard InChI is InChI=1S/C8H14O2/c1-3-5-6-7(4-2)8(9)10/h4H,3,5-6H2,1-2H3,(H,9,10)/p-1/b7-4-. The molecule has 0 rings (SSSR count). The Morgan fingerprint density at radius 3 is 2.50 bits per heavy atom. The molecular formula is C8H13O2-. The molecule has 0 aliphatic carbocycles. The summed E-state index contributed by atoms with van der Waals surface area (Å²) in [6.45, 7) is 3.75. The van der Waals surface area contributed by atoms with Crippen molar-refractivity contribution in [2.45, 2.75) is 33.1 Å². The van der Waals surface area contributed by atoms with Crippen LogP contribution in [0.15, 0.2) is 11.6 Å². The van der Waals surface area contributed by atoms with E-state index in [-0.39, 0.29) is 0 Å². The zero-order chi connectivity index (χ0) is 7.98. The van der Waals surface area contributed by atoms with Gasteiger partial charge < -0.3 is 9.90 Å². The summed E-state index contributed by atoms with van der Waals surface area (Å²) < 4.78 is 0. The van der Waals surface area contributed by atoms with Crippen LogP contribution in [0.25, 0.3) is 0 Å². The molecule has 0 spiro atoms. The lowest BCUT2D eigenvalue weighted by Gasteiger charge is -2.05. The molecule has 2 nitrogen and oxygen atoms in total. The minimum Gasteiger partial charge on any atom is -0.545 e. The van der Waals surface area contributed by atoms with E-state index in [1.165, 1.54) is 0 Å². The lowest BCUT2D eigenvalue weighted by atomic mass is 10.1. The second-order valence-electron chi connectivity index (χ2n) is 2.20. The van der Waals surface area contributed by atoms with Crippen molar-refractivity contribution in [3.8, 4) is 0 Å². The molecule has 2 heteroatoms. The van der Waals surface area contributed by atoms with Gasteiger partial charge in [0, 0.05) is 0 Å². The minimum atomic E-state index is -1.03. The van der Waals surface area contributed by atoms with Crippen LogP contribution in [0, 0.1) is 0 Å². The van der Waals surface area contributed by atoms with Crippen LogP contribution >= 0.6 is 0 Å². The summed E-state index contributed by atoms with van der Waals surface area (Å²) in [4.78, 5) is 10.3. The Balaban J connectivity index is 3.74. The maximum Gasteiger partial charge on any atom is 0.0671 e. The highest BCUT2D eigenvalue weighted by Gasteiger charge is 1.94. The minimum absolute atomic E-state index is 0.418. The summed E-state index contributed by atoms with van der Waals surface area (Å²) in [6.07, 6.45) is 4.18. The monoisotopic (exact) mass is 141 g/mol. The van der Waals surface area contributed by atoms with E-state index < -0.39 is 5.97 Å². The Labute approximate surface area is 61.6 Å². The Morgan fingerprint density at radius 1 is 1.60 bits per heavy atom. The first-order valence-corrected chi connectivity index (χ1v) is 3.58. The number of carboxylic acids is 1. The molecule has 0 saturated carbocycles. The largest absolute Gasteiger partial charge is 0.545 e. The van der Waals surface area contributed by atoms with E-state index in [4.69, 9.17) is 0 Å². The molecule has 0 bridgehead atoms. The SMILES string of the molecule is C/C=C(/CCCC)C(=O)[O-]. The quantitative estimate of drug-likeness (QED) is 0.545. The lowest BCUT2D eigenvalue weighted by molar-refractivity contribution is -0.299. The average molecular weight is 141 g/mol. The highest BCUT2D eigenvalue weighted by Crippen LogP contribution is 2.05. The van der Waals surface area contributed by atoms with Gasteiger partial charge in [0.05, 0.1) is 5.97 Å². The summed E-state index contributed by atoms with van der Waals surface area (Å²) in [5.74, 6) is -1.03. The van der Waals surface area contributed by atoms with Gasteiger partial charge in [-0.15, -0.1) is 0 Å². The van der Waals surface area contributed by atoms with Crippen molar-refractivity contribution in [1.82, 2.24) is 0 Å². The molecule has 10 heavy (non-hydrogen) atoms. The number of carboxylic acid groups (broad SMARTS) is 1. The molecule has 0 unspecified atom stereocenters. The van der Waals surface area contributed by atoms with E-state index in [0.717, 1.165) is 12.8 Å². The number of rotatable bonds is 4. The fraction of sp³-hybridized carbons (Fsp3) is 0.625. The summed E-state index contributed by atoms with van der Waals surface area (Å²) in [7, 11) is 0. The van der Waals surface area contributed by atoms with Crippen molar-refractivity contribution in [3.05, 3.63) is 11.6 Å². The van der Waals surface area contributed by atoms with Gasteiger partial charge >= 0.3 is 0 Å². The van der Waals surface area contributed by atoms with Crippen LogP contribution in [0.2, 0.25) is 0 Å². The Hall–Kier alpha value is -0.790. The molecule has 0 fully saturated rings. The van der Waals surface area contributed by atoms with Crippen LogP contribution in [0.1, 0.15) is 33.1 Å². The van der Waals surface area contributed by atoms with Crippen molar-refractivity contribution in [3.63, 3.8) is 0 Å². The zero-order valence-electron chi connectivity index (χ0n) is 6.52. The van der Waals surface area contributed by atoms with E-state index in [9.17, 15) is 9.90 Å². The molecule has 0 atom stereocenters. The molecule has 0 aromatic rings. The van der Waals surface area contributed by atoms with E-state index in [0.29, 0.717) is 12.0 Å². The van der Waals surface area contributed by atoms with Gasteiger partial charge in [0.1, 0.15) is 0 Å². The van der Waals surface area contributed by atoms with Gasteiger partial charge in [-0.1, -0.05) is 19.4 Å². The molecule has 0 N–H and O–H groups in total. The summed E-state index contributed by atoms with van der Waals surface area (Å²) in [5.41, 5.74) is 0.418. The highest BCUT2D eigenvalue weighted by molar-refractivity contribution is 5.84. The second kappa shape index (κ2) is 5.03. The second-order valence-corrected chi connectivity index (χ2v) is 2.20. The van der Waals surface area contributed by atoms with Crippen molar-refractivity contribution in [2.24, 2.45) is 0 Å². The number of carbonyl (C=O) groups is 1. The van der Waals surface area contributed by atoms with Gasteiger partial charge in [-0.3, -0.25) is 0 Å². The average Bonchev–Trinajstić information content (AvgIpc) is 1.89. The van der Waals surface area contributed by atoms with Crippen LogP contribution in [0.4, 0.5) is 0 Å². The normalized spacial score (nSPS) is 11.6. The Bertz CT molecular complexity index is 136. The first-order chi connectivity index (χ1) is 4.72. The lowest BCUT2D eigenvalue weighted by Crippen LogP contribution is -2.24. The fourth-order valence-electron chi connectivity index (χ4n) is 0.731. The van der Waals surface area contributed by atoms with Gasteiger partial charge in [-0.25, -0.2) is 0 Å². The van der Waals surface area contributed by atoms with Crippen molar-refractivity contribution >= 4 is 5.97 Å². The zero-order valence-corrected chi connectivity index (χ0v) is 6.52. The summed E-state index contributed by atoms with van der Waals surface area (Å²) in [5, 5.41) is 10.3. The number of hydrogen-bond donors (Lipinski definition) is 0. The molecule has 58 valence electrons. The van der Waals surface area contributed by atoms with Gasteiger partial charge in [-0.05, 0) is 25.3 Å². The van der Waals surface area contributed by atoms with Gasteiger partial charge in [0.15, 0.2) is 0 Å². The van der Waals surface area contributed by atoms with E-state index in [1.54, 1.807) is 13.0 Å². The predicted octanol–water partition coefficient (Wildman–Crippen LogP) is 0.873. The van der Waals surface area contributed by atoms with Crippen LogP contribution in [-0.2, 0) is 4.79 Å². The molecule has 0 amide bonds. The summed E-state index contributed by atoms with van der Waals surface area (Å²) >= 11 is 0. The van der Waals surface area contributed by atoms with Crippen molar-refractivity contribution in [1.29, 1.82) is 0 Å².